The molecule has 94 valence electrons. The van der Waals surface area contributed by atoms with E-state index in [4.69, 9.17) is 4.74 Å². The summed E-state index contributed by atoms with van der Waals surface area (Å²) in [4.78, 5) is 15.6. The number of piperazine rings is 1. The predicted octanol–water partition coefficient (Wildman–Crippen LogP) is 0.370. The Morgan fingerprint density at radius 3 is 2.50 bits per heavy atom. The summed E-state index contributed by atoms with van der Waals surface area (Å²) >= 11 is 0. The number of rotatable bonds is 5. The number of carbonyl (C=O) groups is 1. The Hall–Kier alpha value is -0.810. The number of hydrogen-bond donors (Lipinski definition) is 1. The van der Waals surface area contributed by atoms with Crippen molar-refractivity contribution in [2.24, 2.45) is 0 Å². The minimum absolute atomic E-state index is 0.172. The van der Waals surface area contributed by atoms with Gasteiger partial charge >= 0.3 is 6.09 Å². The maximum absolute atomic E-state index is 11.4. The minimum atomic E-state index is -0.172. The van der Waals surface area contributed by atoms with Gasteiger partial charge in [0, 0.05) is 39.3 Å². The van der Waals surface area contributed by atoms with Crippen molar-refractivity contribution in [3.05, 3.63) is 0 Å². The molecule has 0 aliphatic carbocycles. The lowest BCUT2D eigenvalue weighted by atomic mass is 10.3. The van der Waals surface area contributed by atoms with E-state index in [0.717, 1.165) is 45.8 Å². The van der Waals surface area contributed by atoms with Gasteiger partial charge in [0.15, 0.2) is 0 Å². The van der Waals surface area contributed by atoms with Gasteiger partial charge in [-0.25, -0.2) is 4.79 Å². The van der Waals surface area contributed by atoms with Crippen LogP contribution in [0.2, 0.25) is 0 Å². The lowest BCUT2D eigenvalue weighted by Gasteiger charge is -2.33. The van der Waals surface area contributed by atoms with Crippen LogP contribution in [-0.4, -0.2) is 68.3 Å². The molecule has 0 radical (unpaired) electrons. The van der Waals surface area contributed by atoms with Crippen molar-refractivity contribution >= 4 is 6.09 Å². The molecule has 1 saturated heterocycles. The Bertz CT molecular complexity index is 203. The average Bonchev–Trinajstić information content (AvgIpc) is 2.30. The van der Waals surface area contributed by atoms with Gasteiger partial charge in [-0.3, -0.25) is 4.90 Å². The van der Waals surface area contributed by atoms with Crippen molar-refractivity contribution in [2.75, 3.05) is 52.4 Å². The molecule has 1 N–H and O–H groups in total. The maximum atomic E-state index is 11.4. The molecule has 0 bridgehead atoms. The van der Waals surface area contributed by atoms with E-state index in [1.165, 1.54) is 0 Å². The fraction of sp³-hybridized carbons (Fsp3) is 0.909. The second-order valence-electron chi connectivity index (χ2n) is 3.88. The van der Waals surface area contributed by atoms with Gasteiger partial charge in [-0.2, -0.15) is 0 Å². The van der Waals surface area contributed by atoms with Crippen LogP contribution in [0.4, 0.5) is 4.79 Å². The van der Waals surface area contributed by atoms with E-state index in [1.54, 1.807) is 4.90 Å². The second-order valence-corrected chi connectivity index (χ2v) is 3.88. The highest BCUT2D eigenvalue weighted by molar-refractivity contribution is 5.67. The molecular formula is C11H23N3O2. The molecule has 1 heterocycles. The molecule has 5 heteroatoms. The first-order chi connectivity index (χ1) is 7.77. The molecule has 0 aromatic heterocycles. The van der Waals surface area contributed by atoms with E-state index in [-0.39, 0.29) is 6.09 Å². The fourth-order valence-corrected chi connectivity index (χ4v) is 1.78. The van der Waals surface area contributed by atoms with Crippen LogP contribution in [0.25, 0.3) is 0 Å². The SMILES string of the molecule is CCNCCN1CCN(C(=O)OCC)CC1. The topological polar surface area (TPSA) is 44.8 Å². The molecule has 0 aromatic rings. The molecule has 0 atom stereocenters. The third kappa shape index (κ3) is 4.37. The highest BCUT2D eigenvalue weighted by atomic mass is 16.6. The summed E-state index contributed by atoms with van der Waals surface area (Å²) < 4.78 is 4.97. The van der Waals surface area contributed by atoms with E-state index in [9.17, 15) is 4.79 Å². The zero-order valence-corrected chi connectivity index (χ0v) is 10.4. The fourth-order valence-electron chi connectivity index (χ4n) is 1.78. The molecule has 1 fully saturated rings. The first-order valence-electron chi connectivity index (χ1n) is 6.12. The number of nitrogens with zero attached hydrogens (tertiary/aromatic N) is 2. The van der Waals surface area contributed by atoms with Gasteiger partial charge in [0.05, 0.1) is 6.61 Å². The van der Waals surface area contributed by atoms with Crippen LogP contribution in [0.5, 0.6) is 0 Å². The van der Waals surface area contributed by atoms with E-state index in [0.29, 0.717) is 6.61 Å². The predicted molar refractivity (Wildman–Crippen MR) is 63.6 cm³/mol. The Morgan fingerprint density at radius 2 is 1.94 bits per heavy atom. The molecule has 0 spiro atoms. The normalized spacial score (nSPS) is 17.5. The first kappa shape index (κ1) is 13.3. The van der Waals surface area contributed by atoms with Crippen molar-refractivity contribution in [1.82, 2.24) is 15.1 Å². The van der Waals surface area contributed by atoms with Gasteiger partial charge in [-0.15, -0.1) is 0 Å². The summed E-state index contributed by atoms with van der Waals surface area (Å²) in [7, 11) is 0. The molecule has 0 aromatic carbocycles. The summed E-state index contributed by atoms with van der Waals surface area (Å²) in [6, 6.07) is 0. The van der Waals surface area contributed by atoms with E-state index >= 15 is 0 Å². The summed E-state index contributed by atoms with van der Waals surface area (Å²) in [6.07, 6.45) is -0.172. The van der Waals surface area contributed by atoms with Gasteiger partial charge in [0.2, 0.25) is 0 Å². The molecule has 1 rings (SSSR count). The Kier molecular flexibility index (Phi) is 6.18. The van der Waals surface area contributed by atoms with Gasteiger partial charge in [-0.1, -0.05) is 6.92 Å². The standard InChI is InChI=1S/C11H23N3O2/c1-3-12-5-6-13-7-9-14(10-8-13)11(15)16-4-2/h12H,3-10H2,1-2H3. The first-order valence-corrected chi connectivity index (χ1v) is 6.12. The summed E-state index contributed by atoms with van der Waals surface area (Å²) in [5, 5.41) is 3.30. The molecule has 0 unspecified atom stereocenters. The molecular weight excluding hydrogens is 206 g/mol. The van der Waals surface area contributed by atoms with E-state index < -0.39 is 0 Å². The van der Waals surface area contributed by atoms with Crippen LogP contribution >= 0.6 is 0 Å². The van der Waals surface area contributed by atoms with Crippen LogP contribution < -0.4 is 5.32 Å². The third-order valence-electron chi connectivity index (χ3n) is 2.75. The molecule has 1 amide bonds. The number of nitrogens with one attached hydrogen (secondary N) is 1. The van der Waals surface area contributed by atoms with E-state index in [2.05, 4.69) is 17.1 Å². The van der Waals surface area contributed by atoms with Crippen LogP contribution in [0.3, 0.4) is 0 Å². The van der Waals surface area contributed by atoms with Crippen LogP contribution in [0.15, 0.2) is 0 Å². The van der Waals surface area contributed by atoms with Gasteiger partial charge < -0.3 is 15.0 Å². The average molecular weight is 229 g/mol. The number of amides is 1. The largest absolute Gasteiger partial charge is 0.450 e. The van der Waals surface area contributed by atoms with Gasteiger partial charge in [-0.05, 0) is 13.5 Å². The molecule has 1 aliphatic rings. The van der Waals surface area contributed by atoms with Crippen LogP contribution in [0, 0.1) is 0 Å². The lowest BCUT2D eigenvalue weighted by Crippen LogP contribution is -2.50. The van der Waals surface area contributed by atoms with E-state index in [1.807, 2.05) is 6.92 Å². The second kappa shape index (κ2) is 7.46. The Morgan fingerprint density at radius 1 is 1.25 bits per heavy atom. The summed E-state index contributed by atoms with van der Waals surface area (Å²) in [5.41, 5.74) is 0. The number of hydrogen-bond acceptors (Lipinski definition) is 4. The van der Waals surface area contributed by atoms with Gasteiger partial charge in [0.1, 0.15) is 0 Å². The zero-order chi connectivity index (χ0) is 11.8. The minimum Gasteiger partial charge on any atom is -0.450 e. The zero-order valence-electron chi connectivity index (χ0n) is 10.4. The number of carbonyl (C=O) groups excluding carboxylic acids is 1. The molecule has 5 nitrogen and oxygen atoms in total. The number of likely N-dealkylation sites (N-methyl/N-ethyl adjacent to an activating group) is 1. The van der Waals surface area contributed by atoms with Crippen molar-refractivity contribution in [2.45, 2.75) is 13.8 Å². The number of ether oxygens (including phenoxy) is 1. The van der Waals surface area contributed by atoms with Crippen LogP contribution in [0.1, 0.15) is 13.8 Å². The highest BCUT2D eigenvalue weighted by Crippen LogP contribution is 2.02. The summed E-state index contributed by atoms with van der Waals surface area (Å²) in [6.45, 7) is 11.0. The van der Waals surface area contributed by atoms with Crippen molar-refractivity contribution < 1.29 is 9.53 Å². The smallest absolute Gasteiger partial charge is 0.409 e. The van der Waals surface area contributed by atoms with Gasteiger partial charge in [0.25, 0.3) is 0 Å². The Balaban J connectivity index is 2.15. The monoisotopic (exact) mass is 229 g/mol. The quantitative estimate of drug-likeness (QED) is 0.692. The third-order valence-corrected chi connectivity index (χ3v) is 2.75. The summed E-state index contributed by atoms with van der Waals surface area (Å²) in [5.74, 6) is 0. The highest BCUT2D eigenvalue weighted by Gasteiger charge is 2.21. The molecule has 1 aliphatic heterocycles. The van der Waals surface area contributed by atoms with Crippen molar-refractivity contribution in [3.8, 4) is 0 Å². The van der Waals surface area contributed by atoms with Crippen molar-refractivity contribution in [3.63, 3.8) is 0 Å². The van der Waals surface area contributed by atoms with Crippen molar-refractivity contribution in [1.29, 1.82) is 0 Å². The Labute approximate surface area is 97.7 Å². The molecule has 16 heavy (non-hydrogen) atoms. The maximum Gasteiger partial charge on any atom is 0.409 e. The lowest BCUT2D eigenvalue weighted by molar-refractivity contribution is 0.0799. The van der Waals surface area contributed by atoms with Crippen LogP contribution in [-0.2, 0) is 4.74 Å². The molecule has 0 saturated carbocycles.